The van der Waals surface area contributed by atoms with Crippen molar-refractivity contribution in [3.8, 4) is 0 Å². The summed E-state index contributed by atoms with van der Waals surface area (Å²) in [6, 6.07) is 5.82. The monoisotopic (exact) mass is 217 g/mol. The van der Waals surface area contributed by atoms with Crippen molar-refractivity contribution in [2.75, 3.05) is 13.6 Å². The summed E-state index contributed by atoms with van der Waals surface area (Å²) in [5.41, 5.74) is 3.10. The molecule has 1 aromatic rings. The third-order valence-electron chi connectivity index (χ3n) is 2.54. The van der Waals surface area contributed by atoms with E-state index >= 15 is 0 Å². The fraction of sp³-hybridized carbons (Fsp3) is 0.357. The summed E-state index contributed by atoms with van der Waals surface area (Å²) in [6.07, 6.45) is 5.21. The molecule has 2 nitrogen and oxygen atoms in total. The molecule has 0 aromatic heterocycles. The molecule has 0 fully saturated rings. The third-order valence-corrected chi connectivity index (χ3v) is 2.54. The van der Waals surface area contributed by atoms with E-state index < -0.39 is 0 Å². The predicted molar refractivity (Wildman–Crippen MR) is 68.8 cm³/mol. The van der Waals surface area contributed by atoms with Crippen molar-refractivity contribution >= 4 is 11.9 Å². The van der Waals surface area contributed by atoms with Crippen molar-refractivity contribution in [1.29, 1.82) is 0 Å². The quantitative estimate of drug-likeness (QED) is 0.607. The Balaban J connectivity index is 2.82. The molecule has 16 heavy (non-hydrogen) atoms. The van der Waals surface area contributed by atoms with Gasteiger partial charge in [-0.25, -0.2) is 0 Å². The molecule has 0 aliphatic rings. The molecule has 1 aromatic carbocycles. The van der Waals surface area contributed by atoms with Crippen LogP contribution in [0.25, 0.3) is 6.08 Å². The molecule has 0 saturated carbocycles. The molecule has 0 bridgehead atoms. The van der Waals surface area contributed by atoms with Crippen molar-refractivity contribution in [2.45, 2.75) is 20.3 Å². The number of hydrogen-bond donors (Lipinski definition) is 1. The van der Waals surface area contributed by atoms with Crippen LogP contribution in [-0.2, 0) is 0 Å². The van der Waals surface area contributed by atoms with Crippen LogP contribution in [0.3, 0.4) is 0 Å². The topological polar surface area (TPSA) is 29.1 Å². The van der Waals surface area contributed by atoms with Gasteiger partial charge in [0.25, 0.3) is 0 Å². The van der Waals surface area contributed by atoms with Gasteiger partial charge in [-0.2, -0.15) is 0 Å². The average Bonchev–Trinajstić information content (AvgIpc) is 2.26. The lowest BCUT2D eigenvalue weighted by molar-refractivity contribution is 0.101. The lowest BCUT2D eigenvalue weighted by atomic mass is 10.0. The second-order valence-corrected chi connectivity index (χ2v) is 3.92. The molecule has 0 saturated heterocycles. The van der Waals surface area contributed by atoms with E-state index in [0.717, 1.165) is 24.1 Å². The zero-order valence-electron chi connectivity index (χ0n) is 10.2. The smallest absolute Gasteiger partial charge is 0.159 e. The van der Waals surface area contributed by atoms with E-state index in [1.807, 2.05) is 25.2 Å². The lowest BCUT2D eigenvalue weighted by Crippen LogP contribution is -2.05. The van der Waals surface area contributed by atoms with E-state index in [9.17, 15) is 4.79 Å². The van der Waals surface area contributed by atoms with Gasteiger partial charge in [-0.1, -0.05) is 24.3 Å². The summed E-state index contributed by atoms with van der Waals surface area (Å²) in [7, 11) is 1.94. The highest BCUT2D eigenvalue weighted by molar-refractivity contribution is 5.94. The summed E-state index contributed by atoms with van der Waals surface area (Å²) in [5.74, 6) is 0.116. The first kappa shape index (κ1) is 12.7. The fourth-order valence-corrected chi connectivity index (χ4v) is 1.48. The maximum Gasteiger partial charge on any atom is 0.159 e. The van der Waals surface area contributed by atoms with Crippen molar-refractivity contribution in [3.63, 3.8) is 0 Å². The second-order valence-electron chi connectivity index (χ2n) is 3.92. The highest BCUT2D eigenvalue weighted by atomic mass is 16.1. The van der Waals surface area contributed by atoms with Crippen LogP contribution in [0.15, 0.2) is 24.3 Å². The predicted octanol–water partition coefficient (Wildman–Crippen LogP) is 2.82. The van der Waals surface area contributed by atoms with Crippen LogP contribution >= 0.6 is 0 Å². The van der Waals surface area contributed by atoms with Crippen LogP contribution in [0.5, 0.6) is 0 Å². The van der Waals surface area contributed by atoms with Crippen molar-refractivity contribution < 1.29 is 4.79 Å². The molecule has 0 heterocycles. The van der Waals surface area contributed by atoms with E-state index in [2.05, 4.69) is 24.4 Å². The number of benzene rings is 1. The molecule has 0 aliphatic carbocycles. The van der Waals surface area contributed by atoms with Gasteiger partial charge in [-0.05, 0) is 51.1 Å². The Kier molecular flexibility index (Phi) is 4.93. The molecular formula is C14H19NO. The molecular weight excluding hydrogens is 198 g/mol. The van der Waals surface area contributed by atoms with Gasteiger partial charge in [-0.3, -0.25) is 4.79 Å². The number of ketones is 1. The van der Waals surface area contributed by atoms with Crippen LogP contribution in [0.2, 0.25) is 0 Å². The Labute approximate surface area is 97.4 Å². The summed E-state index contributed by atoms with van der Waals surface area (Å²) in [6.45, 7) is 4.63. The van der Waals surface area contributed by atoms with Gasteiger partial charge in [0.2, 0.25) is 0 Å². The SMILES string of the molecule is CNCCC=Cc1cc(C(C)=O)ccc1C. The lowest BCUT2D eigenvalue weighted by Gasteiger charge is -2.03. The van der Waals surface area contributed by atoms with Crippen molar-refractivity contribution in [2.24, 2.45) is 0 Å². The van der Waals surface area contributed by atoms with Gasteiger partial charge in [0, 0.05) is 5.56 Å². The number of hydrogen-bond acceptors (Lipinski definition) is 2. The second kappa shape index (κ2) is 6.23. The normalized spacial score (nSPS) is 10.9. The minimum atomic E-state index is 0.116. The van der Waals surface area contributed by atoms with E-state index in [0.29, 0.717) is 0 Å². The Bertz CT molecular complexity index is 394. The molecule has 0 spiro atoms. The van der Waals surface area contributed by atoms with Crippen molar-refractivity contribution in [3.05, 3.63) is 41.0 Å². The molecule has 1 rings (SSSR count). The molecule has 1 N–H and O–H groups in total. The van der Waals surface area contributed by atoms with Gasteiger partial charge in [0.05, 0.1) is 0 Å². The minimum absolute atomic E-state index is 0.116. The summed E-state index contributed by atoms with van der Waals surface area (Å²) < 4.78 is 0. The Hall–Kier alpha value is -1.41. The molecule has 0 radical (unpaired) electrons. The largest absolute Gasteiger partial charge is 0.319 e. The Morgan fingerprint density at radius 2 is 2.19 bits per heavy atom. The zero-order chi connectivity index (χ0) is 12.0. The highest BCUT2D eigenvalue weighted by Gasteiger charge is 2.01. The fourth-order valence-electron chi connectivity index (χ4n) is 1.48. The Morgan fingerprint density at radius 3 is 2.81 bits per heavy atom. The maximum absolute atomic E-state index is 11.3. The standard InChI is InChI=1S/C14H19NO/c1-11-7-8-14(12(2)16)10-13(11)6-4-5-9-15-3/h4,6-8,10,15H,5,9H2,1-3H3. The molecule has 0 amide bonds. The van der Waals surface area contributed by atoms with Gasteiger partial charge in [0.1, 0.15) is 0 Å². The van der Waals surface area contributed by atoms with Crippen LogP contribution < -0.4 is 5.32 Å². The van der Waals surface area contributed by atoms with Crippen molar-refractivity contribution in [1.82, 2.24) is 5.32 Å². The molecule has 2 heteroatoms. The van der Waals surface area contributed by atoms with Gasteiger partial charge >= 0.3 is 0 Å². The van der Waals surface area contributed by atoms with Crippen LogP contribution in [-0.4, -0.2) is 19.4 Å². The van der Waals surface area contributed by atoms with E-state index in [-0.39, 0.29) is 5.78 Å². The number of Topliss-reactive ketones (excluding diaryl/α,β-unsaturated/α-hetero) is 1. The van der Waals surface area contributed by atoms with Gasteiger partial charge < -0.3 is 5.32 Å². The van der Waals surface area contributed by atoms with Gasteiger partial charge in [0.15, 0.2) is 5.78 Å². The molecule has 0 aliphatic heterocycles. The number of carbonyl (C=O) groups is 1. The first-order chi connectivity index (χ1) is 7.65. The highest BCUT2D eigenvalue weighted by Crippen LogP contribution is 2.13. The number of carbonyl (C=O) groups excluding carboxylic acids is 1. The maximum atomic E-state index is 11.3. The zero-order valence-corrected chi connectivity index (χ0v) is 10.2. The van der Waals surface area contributed by atoms with E-state index in [1.165, 1.54) is 5.56 Å². The third kappa shape index (κ3) is 3.63. The van der Waals surface area contributed by atoms with Crippen LogP contribution in [0.1, 0.15) is 34.8 Å². The van der Waals surface area contributed by atoms with E-state index in [1.54, 1.807) is 6.92 Å². The molecule has 86 valence electrons. The first-order valence-electron chi connectivity index (χ1n) is 5.58. The van der Waals surface area contributed by atoms with E-state index in [4.69, 9.17) is 0 Å². The van der Waals surface area contributed by atoms with Crippen LogP contribution in [0.4, 0.5) is 0 Å². The number of aryl methyl sites for hydroxylation is 1. The first-order valence-corrected chi connectivity index (χ1v) is 5.58. The minimum Gasteiger partial charge on any atom is -0.319 e. The van der Waals surface area contributed by atoms with Crippen LogP contribution in [0, 0.1) is 6.92 Å². The number of nitrogens with one attached hydrogen (secondary N) is 1. The van der Waals surface area contributed by atoms with Gasteiger partial charge in [-0.15, -0.1) is 0 Å². The molecule has 0 unspecified atom stereocenters. The Morgan fingerprint density at radius 1 is 1.44 bits per heavy atom. The molecule has 0 atom stereocenters. The number of rotatable bonds is 5. The summed E-state index contributed by atoms with van der Waals surface area (Å²) in [4.78, 5) is 11.3. The average molecular weight is 217 g/mol. The summed E-state index contributed by atoms with van der Waals surface area (Å²) in [5, 5.41) is 3.09. The summed E-state index contributed by atoms with van der Waals surface area (Å²) >= 11 is 0.